The van der Waals surface area contributed by atoms with Gasteiger partial charge in [0.05, 0.1) is 17.6 Å². The molecule has 2 aromatic carbocycles. The van der Waals surface area contributed by atoms with Gasteiger partial charge in [-0.15, -0.1) is 0 Å². The second kappa shape index (κ2) is 7.13. The van der Waals surface area contributed by atoms with Crippen molar-refractivity contribution < 1.29 is 17.6 Å². The van der Waals surface area contributed by atoms with Crippen molar-refractivity contribution in [2.24, 2.45) is 0 Å². The summed E-state index contributed by atoms with van der Waals surface area (Å²) in [5.41, 5.74) is 1.77. The molecule has 7 heteroatoms. The highest BCUT2D eigenvalue weighted by atomic mass is 32.2. The molecule has 0 atom stereocenters. The molecule has 0 aliphatic carbocycles. The Labute approximate surface area is 151 Å². The normalized spacial score (nSPS) is 11.3. The van der Waals surface area contributed by atoms with Crippen LogP contribution in [0.25, 0.3) is 11.3 Å². The third-order valence-corrected chi connectivity index (χ3v) is 5.10. The molecule has 0 saturated heterocycles. The van der Waals surface area contributed by atoms with Gasteiger partial charge in [-0.3, -0.25) is 4.79 Å². The topological polar surface area (TPSA) is 89.3 Å². The predicted octanol–water partition coefficient (Wildman–Crippen LogP) is 2.98. The van der Waals surface area contributed by atoms with Gasteiger partial charge in [0.15, 0.2) is 15.6 Å². The van der Waals surface area contributed by atoms with E-state index < -0.39 is 15.7 Å². The molecular weight excluding hydrogens is 352 g/mol. The minimum atomic E-state index is -3.39. The summed E-state index contributed by atoms with van der Waals surface area (Å²) >= 11 is 0. The summed E-state index contributed by atoms with van der Waals surface area (Å²) < 4.78 is 29.2. The molecule has 0 aliphatic rings. The van der Waals surface area contributed by atoms with Crippen molar-refractivity contribution >= 4 is 15.7 Å². The van der Waals surface area contributed by atoms with Gasteiger partial charge in [0.25, 0.3) is 5.91 Å². The Bertz CT molecular complexity index is 1040. The number of carbonyl (C=O) groups excluding carboxylic acids is 1. The molecule has 0 aliphatic heterocycles. The number of oxazole rings is 1. The van der Waals surface area contributed by atoms with E-state index in [9.17, 15) is 13.2 Å². The van der Waals surface area contributed by atoms with Gasteiger partial charge in [0.1, 0.15) is 0 Å². The summed E-state index contributed by atoms with van der Waals surface area (Å²) in [7, 11) is -3.39. The fourth-order valence-electron chi connectivity index (χ4n) is 2.53. The third kappa shape index (κ3) is 4.00. The van der Waals surface area contributed by atoms with E-state index >= 15 is 0 Å². The Kier molecular flexibility index (Phi) is 4.90. The number of aryl methyl sites for hydroxylation is 1. The highest BCUT2D eigenvalue weighted by molar-refractivity contribution is 7.90. The molecule has 1 N–H and O–H groups in total. The Balaban J connectivity index is 1.71. The highest BCUT2D eigenvalue weighted by Gasteiger charge is 2.15. The van der Waals surface area contributed by atoms with Gasteiger partial charge in [-0.2, -0.15) is 0 Å². The molecule has 0 fully saturated rings. The van der Waals surface area contributed by atoms with Crippen LogP contribution >= 0.6 is 0 Å². The van der Waals surface area contributed by atoms with Crippen LogP contribution in [0.5, 0.6) is 0 Å². The molecule has 26 heavy (non-hydrogen) atoms. The first-order chi connectivity index (χ1) is 12.3. The number of nitrogens with one attached hydrogen (secondary N) is 1. The molecule has 134 valence electrons. The van der Waals surface area contributed by atoms with Crippen molar-refractivity contribution in [2.45, 2.75) is 18.4 Å². The number of amides is 1. The summed E-state index contributed by atoms with van der Waals surface area (Å²) in [5.74, 6) is 0.589. The van der Waals surface area contributed by atoms with E-state index in [4.69, 9.17) is 4.42 Å². The van der Waals surface area contributed by atoms with Crippen LogP contribution in [0.1, 0.15) is 21.8 Å². The van der Waals surface area contributed by atoms with E-state index in [1.807, 2.05) is 30.3 Å². The van der Waals surface area contributed by atoms with E-state index in [-0.39, 0.29) is 17.0 Å². The molecule has 6 nitrogen and oxygen atoms in total. The van der Waals surface area contributed by atoms with Crippen molar-refractivity contribution in [1.82, 2.24) is 10.3 Å². The zero-order chi connectivity index (χ0) is 18.7. The lowest BCUT2D eigenvalue weighted by Crippen LogP contribution is -2.23. The largest absolute Gasteiger partial charge is 0.439 e. The number of nitrogens with zero attached hydrogens (tertiary/aromatic N) is 1. The van der Waals surface area contributed by atoms with Crippen molar-refractivity contribution in [3.8, 4) is 11.3 Å². The highest BCUT2D eigenvalue weighted by Crippen LogP contribution is 2.20. The van der Waals surface area contributed by atoms with Crippen LogP contribution in [0.4, 0.5) is 0 Å². The van der Waals surface area contributed by atoms with Gasteiger partial charge in [0.2, 0.25) is 5.89 Å². The van der Waals surface area contributed by atoms with Gasteiger partial charge in [-0.05, 0) is 24.6 Å². The number of sulfone groups is 1. The molecular formula is C19H18N2O4S. The molecule has 0 bridgehead atoms. The third-order valence-electron chi connectivity index (χ3n) is 3.86. The predicted molar refractivity (Wildman–Crippen MR) is 97.4 cm³/mol. The zero-order valence-electron chi connectivity index (χ0n) is 14.4. The van der Waals surface area contributed by atoms with Crippen molar-refractivity contribution in [2.75, 3.05) is 6.26 Å². The number of carbonyl (C=O) groups is 1. The number of aromatic nitrogens is 1. The van der Waals surface area contributed by atoms with Crippen LogP contribution in [0.15, 0.2) is 64.0 Å². The lowest BCUT2D eigenvalue weighted by atomic mass is 10.1. The van der Waals surface area contributed by atoms with E-state index in [1.54, 1.807) is 25.3 Å². The number of rotatable bonds is 5. The first kappa shape index (κ1) is 17.9. The van der Waals surface area contributed by atoms with Gasteiger partial charge < -0.3 is 9.73 Å². The quantitative estimate of drug-likeness (QED) is 0.746. The maximum Gasteiger partial charge on any atom is 0.251 e. The van der Waals surface area contributed by atoms with E-state index in [1.165, 1.54) is 6.07 Å². The first-order valence-electron chi connectivity index (χ1n) is 7.93. The number of hydrogen-bond acceptors (Lipinski definition) is 5. The van der Waals surface area contributed by atoms with Crippen LogP contribution in [0.3, 0.4) is 0 Å². The van der Waals surface area contributed by atoms with Crippen LogP contribution in [-0.2, 0) is 16.4 Å². The molecule has 3 rings (SSSR count). The standard InChI is InChI=1S/C19H18N2O4S/c1-13-8-9-15(10-17(13)26(2,23)24)19(22)21-12-18-20-11-16(25-18)14-6-4-3-5-7-14/h3-11H,12H2,1-2H3,(H,21,22). The average Bonchev–Trinajstić information content (AvgIpc) is 3.09. The fraction of sp³-hybridized carbons (Fsp3) is 0.158. The van der Waals surface area contributed by atoms with Crippen LogP contribution in [-0.4, -0.2) is 25.6 Å². The summed E-state index contributed by atoms with van der Waals surface area (Å²) in [5, 5.41) is 2.69. The second-order valence-electron chi connectivity index (χ2n) is 5.92. The summed E-state index contributed by atoms with van der Waals surface area (Å²) in [6.45, 7) is 1.80. The lowest BCUT2D eigenvalue weighted by Gasteiger charge is -2.07. The Morgan fingerprint density at radius 1 is 1.15 bits per heavy atom. The minimum Gasteiger partial charge on any atom is -0.439 e. The lowest BCUT2D eigenvalue weighted by molar-refractivity contribution is 0.0947. The Morgan fingerprint density at radius 3 is 2.58 bits per heavy atom. The smallest absolute Gasteiger partial charge is 0.251 e. The fourth-order valence-corrected chi connectivity index (χ4v) is 3.52. The van der Waals surface area contributed by atoms with Gasteiger partial charge in [0, 0.05) is 17.4 Å². The minimum absolute atomic E-state index is 0.105. The monoisotopic (exact) mass is 370 g/mol. The Hall–Kier alpha value is -2.93. The van der Waals surface area contributed by atoms with E-state index in [0.717, 1.165) is 11.8 Å². The zero-order valence-corrected chi connectivity index (χ0v) is 15.2. The summed E-state index contributed by atoms with van der Waals surface area (Å²) in [6.07, 6.45) is 2.72. The van der Waals surface area contributed by atoms with Crippen molar-refractivity contribution in [3.05, 3.63) is 71.7 Å². The Morgan fingerprint density at radius 2 is 1.88 bits per heavy atom. The molecule has 0 saturated carbocycles. The SMILES string of the molecule is Cc1ccc(C(=O)NCc2ncc(-c3ccccc3)o2)cc1S(C)(=O)=O. The molecule has 3 aromatic rings. The molecule has 1 heterocycles. The maximum absolute atomic E-state index is 12.3. The van der Waals surface area contributed by atoms with E-state index in [0.29, 0.717) is 17.2 Å². The second-order valence-corrected chi connectivity index (χ2v) is 7.90. The molecule has 1 aromatic heterocycles. The van der Waals surface area contributed by atoms with Gasteiger partial charge in [-0.1, -0.05) is 36.4 Å². The van der Waals surface area contributed by atoms with Gasteiger partial charge in [-0.25, -0.2) is 13.4 Å². The van der Waals surface area contributed by atoms with Crippen LogP contribution < -0.4 is 5.32 Å². The number of hydrogen-bond donors (Lipinski definition) is 1. The summed E-state index contributed by atoms with van der Waals surface area (Å²) in [4.78, 5) is 16.6. The molecule has 0 unspecified atom stereocenters. The first-order valence-corrected chi connectivity index (χ1v) is 9.83. The van der Waals surface area contributed by atoms with Crippen molar-refractivity contribution in [3.63, 3.8) is 0 Å². The summed E-state index contributed by atoms with van der Waals surface area (Å²) in [6, 6.07) is 14.1. The van der Waals surface area contributed by atoms with Crippen LogP contribution in [0.2, 0.25) is 0 Å². The average molecular weight is 370 g/mol. The molecule has 0 radical (unpaired) electrons. The molecule has 1 amide bonds. The molecule has 0 spiro atoms. The van der Waals surface area contributed by atoms with Crippen LogP contribution in [0, 0.1) is 6.92 Å². The maximum atomic E-state index is 12.3. The number of benzene rings is 2. The van der Waals surface area contributed by atoms with Gasteiger partial charge >= 0.3 is 0 Å². The van der Waals surface area contributed by atoms with Crippen molar-refractivity contribution in [1.29, 1.82) is 0 Å². The van der Waals surface area contributed by atoms with E-state index in [2.05, 4.69) is 10.3 Å².